The number of likely N-dealkylation sites (tertiary alicyclic amines) is 1. The normalized spacial score (nSPS) is 34.3. The Morgan fingerprint density at radius 1 is 1.17 bits per heavy atom. The van der Waals surface area contributed by atoms with Gasteiger partial charge >= 0.3 is 6.09 Å². The number of nitrogens with zero attached hydrogens (tertiary/aromatic N) is 1. The smallest absolute Gasteiger partial charge is 0.407 e. The largest absolute Gasteiger partial charge is 0.453 e. The number of hydrogen-bond donors (Lipinski definition) is 3. The maximum atomic E-state index is 13.9. The van der Waals surface area contributed by atoms with Gasteiger partial charge in [0.15, 0.2) is 0 Å². The zero-order valence-electron chi connectivity index (χ0n) is 20.0. The van der Waals surface area contributed by atoms with Crippen LogP contribution in [0.1, 0.15) is 32.3 Å². The van der Waals surface area contributed by atoms with E-state index < -0.39 is 17.2 Å². The molecule has 4 N–H and O–H groups in total. The molecule has 6 atom stereocenters. The molecule has 2 amide bonds. The molecule has 0 bridgehead atoms. The Morgan fingerprint density at radius 2 is 1.89 bits per heavy atom. The fourth-order valence-electron chi connectivity index (χ4n) is 6.13. The minimum absolute atomic E-state index is 0.00130. The summed E-state index contributed by atoms with van der Waals surface area (Å²) in [5, 5.41) is 8.51. The molecule has 2 aromatic rings. The molecule has 4 aliphatic rings. The first-order chi connectivity index (χ1) is 16.7. The topological polar surface area (TPSA) is 96.7 Å². The lowest BCUT2D eigenvalue weighted by Crippen LogP contribution is -2.56. The highest BCUT2D eigenvalue weighted by atomic mass is 79.9. The van der Waals surface area contributed by atoms with Gasteiger partial charge in [0.2, 0.25) is 5.91 Å². The SMILES string of the molecule is COC(=O)NC1(C(=O)N2[C@@H]3C[C@@H]3CC23C=C3N/C=C(\N)c2ccc3cc(Br)ccc3c2)C(C)[C@@H]1C. The van der Waals surface area contributed by atoms with Crippen LogP contribution in [-0.2, 0) is 9.53 Å². The van der Waals surface area contributed by atoms with E-state index in [2.05, 4.69) is 56.9 Å². The molecule has 6 rings (SSSR count). The third kappa shape index (κ3) is 3.29. The van der Waals surface area contributed by atoms with Crippen LogP contribution in [0.25, 0.3) is 16.5 Å². The van der Waals surface area contributed by atoms with E-state index in [0.29, 0.717) is 11.6 Å². The van der Waals surface area contributed by atoms with Crippen LogP contribution in [0.2, 0.25) is 0 Å². The first kappa shape index (κ1) is 22.5. The minimum atomic E-state index is -0.895. The molecular formula is C27H29BrN4O3. The van der Waals surface area contributed by atoms with E-state index >= 15 is 0 Å². The lowest BCUT2D eigenvalue weighted by molar-refractivity contribution is -0.137. The number of piperidine rings is 1. The molecule has 1 spiro atoms. The molecule has 1 aliphatic heterocycles. The Bertz CT molecular complexity index is 1330. The van der Waals surface area contributed by atoms with Crippen molar-refractivity contribution in [3.05, 3.63) is 64.4 Å². The van der Waals surface area contributed by atoms with Crippen LogP contribution in [0.5, 0.6) is 0 Å². The molecular weight excluding hydrogens is 508 g/mol. The van der Waals surface area contributed by atoms with Crippen molar-refractivity contribution in [2.75, 3.05) is 7.11 Å². The molecule has 3 aliphatic carbocycles. The van der Waals surface area contributed by atoms with Gasteiger partial charge in [-0.1, -0.05) is 48.0 Å². The van der Waals surface area contributed by atoms with E-state index in [1.807, 2.05) is 37.1 Å². The molecule has 182 valence electrons. The minimum Gasteiger partial charge on any atom is -0.453 e. The summed E-state index contributed by atoms with van der Waals surface area (Å²) in [7, 11) is 1.33. The summed E-state index contributed by atoms with van der Waals surface area (Å²) in [6.07, 6.45) is 5.33. The van der Waals surface area contributed by atoms with E-state index in [9.17, 15) is 9.59 Å². The number of nitrogens with one attached hydrogen (secondary N) is 2. The Balaban J connectivity index is 1.20. The molecule has 3 unspecified atom stereocenters. The number of nitrogens with two attached hydrogens (primary N) is 1. The lowest BCUT2D eigenvalue weighted by Gasteiger charge is -2.34. The zero-order valence-corrected chi connectivity index (χ0v) is 21.6. The second kappa shape index (κ2) is 7.50. The van der Waals surface area contributed by atoms with Gasteiger partial charge in [0, 0.05) is 22.4 Å². The van der Waals surface area contributed by atoms with Gasteiger partial charge in [0.1, 0.15) is 11.1 Å². The molecule has 0 aromatic heterocycles. The monoisotopic (exact) mass is 536 g/mol. The summed E-state index contributed by atoms with van der Waals surface area (Å²) < 4.78 is 5.87. The first-order valence-corrected chi connectivity index (χ1v) is 12.9. The number of benzene rings is 2. The summed E-state index contributed by atoms with van der Waals surface area (Å²) in [5.74, 6) is 0.625. The van der Waals surface area contributed by atoms with Gasteiger partial charge in [-0.2, -0.15) is 0 Å². The number of carbonyl (C=O) groups excluding carboxylic acids is 2. The van der Waals surface area contributed by atoms with Crippen LogP contribution in [0.15, 0.2) is 58.8 Å². The number of carbonyl (C=O) groups is 2. The third-order valence-corrected chi connectivity index (χ3v) is 9.14. The van der Waals surface area contributed by atoms with Gasteiger partial charge in [-0.15, -0.1) is 0 Å². The average Bonchev–Trinajstić information content (AvgIpc) is 3.80. The summed E-state index contributed by atoms with van der Waals surface area (Å²) in [6.45, 7) is 4.02. The number of methoxy groups -OCH3 is 1. The number of hydrogen-bond acceptors (Lipinski definition) is 5. The number of alkyl carbamates (subject to hydrolysis) is 1. The van der Waals surface area contributed by atoms with Crippen LogP contribution < -0.4 is 16.4 Å². The molecule has 8 heteroatoms. The van der Waals surface area contributed by atoms with Gasteiger partial charge in [-0.25, -0.2) is 4.79 Å². The summed E-state index contributed by atoms with van der Waals surface area (Å²) in [6, 6.07) is 12.5. The van der Waals surface area contributed by atoms with Crippen molar-refractivity contribution in [2.45, 2.75) is 43.8 Å². The van der Waals surface area contributed by atoms with Crippen LogP contribution in [-0.4, -0.2) is 41.1 Å². The van der Waals surface area contributed by atoms with Crippen LogP contribution in [0, 0.1) is 17.8 Å². The van der Waals surface area contributed by atoms with Crippen molar-refractivity contribution in [1.82, 2.24) is 15.5 Å². The zero-order chi connectivity index (χ0) is 24.7. The van der Waals surface area contributed by atoms with Crippen LogP contribution >= 0.6 is 15.9 Å². The fourth-order valence-corrected chi connectivity index (χ4v) is 6.51. The van der Waals surface area contributed by atoms with Gasteiger partial charge in [0.05, 0.1) is 12.8 Å². The summed E-state index contributed by atoms with van der Waals surface area (Å²) in [5.41, 5.74) is 7.69. The van der Waals surface area contributed by atoms with E-state index in [-0.39, 0.29) is 23.8 Å². The molecule has 35 heavy (non-hydrogen) atoms. The van der Waals surface area contributed by atoms with Crippen molar-refractivity contribution in [1.29, 1.82) is 0 Å². The third-order valence-electron chi connectivity index (χ3n) is 8.65. The number of ether oxygens (including phenoxy) is 1. The van der Waals surface area contributed by atoms with Gasteiger partial charge < -0.3 is 26.0 Å². The molecule has 3 fully saturated rings. The Labute approximate surface area is 212 Å². The highest BCUT2D eigenvalue weighted by Gasteiger charge is 2.74. The summed E-state index contributed by atoms with van der Waals surface area (Å²) >= 11 is 3.51. The Hall–Kier alpha value is -3.00. The molecule has 1 heterocycles. The van der Waals surface area contributed by atoms with Gasteiger partial charge in [-0.3, -0.25) is 4.79 Å². The highest BCUT2D eigenvalue weighted by Crippen LogP contribution is 2.63. The van der Waals surface area contributed by atoms with E-state index in [0.717, 1.165) is 39.3 Å². The first-order valence-electron chi connectivity index (χ1n) is 12.1. The number of amides is 2. The predicted molar refractivity (Wildman–Crippen MR) is 138 cm³/mol. The number of halogens is 1. The van der Waals surface area contributed by atoms with Crippen molar-refractivity contribution >= 4 is 44.4 Å². The number of rotatable bonds is 5. The molecule has 7 nitrogen and oxygen atoms in total. The standard InChI is InChI=1S/C27H29BrN4O3/c1-14-15(2)27(14,31-25(34)35-3)24(33)32-22-10-19(22)11-26(32)12-23(26)30-13-21(29)18-5-4-17-9-20(28)7-6-16(17)8-18/h4-9,12-15,19,22,30H,10-11,29H2,1-3H3,(H,31,34)/b21-13-/t14-,15?,19+,22+,26?,27?/m0/s1. The van der Waals surface area contributed by atoms with E-state index in [1.165, 1.54) is 7.11 Å². The number of fused-ring (bicyclic) bond motifs is 2. The van der Waals surface area contributed by atoms with E-state index in [4.69, 9.17) is 10.5 Å². The molecule has 1 saturated heterocycles. The molecule has 0 radical (unpaired) electrons. The van der Waals surface area contributed by atoms with E-state index in [1.54, 1.807) is 0 Å². The van der Waals surface area contributed by atoms with Crippen molar-refractivity contribution in [2.24, 2.45) is 23.5 Å². The van der Waals surface area contributed by atoms with Crippen LogP contribution in [0.4, 0.5) is 4.79 Å². The van der Waals surface area contributed by atoms with Crippen molar-refractivity contribution in [3.63, 3.8) is 0 Å². The second-order valence-electron chi connectivity index (χ2n) is 10.4. The van der Waals surface area contributed by atoms with Crippen molar-refractivity contribution < 1.29 is 14.3 Å². The molecule has 2 saturated carbocycles. The summed E-state index contributed by atoms with van der Waals surface area (Å²) in [4.78, 5) is 28.0. The molecule has 2 aromatic carbocycles. The van der Waals surface area contributed by atoms with Crippen molar-refractivity contribution in [3.8, 4) is 0 Å². The average molecular weight is 537 g/mol. The lowest BCUT2D eigenvalue weighted by atomic mass is 10.0. The van der Waals surface area contributed by atoms with Crippen LogP contribution in [0.3, 0.4) is 0 Å². The van der Waals surface area contributed by atoms with Gasteiger partial charge in [-0.05, 0) is 71.2 Å². The Morgan fingerprint density at radius 3 is 2.60 bits per heavy atom. The Kier molecular flexibility index (Phi) is 4.81. The quantitative estimate of drug-likeness (QED) is 0.534. The maximum absolute atomic E-state index is 13.9. The fraction of sp³-hybridized carbons (Fsp3) is 0.407. The van der Waals surface area contributed by atoms with Gasteiger partial charge in [0.25, 0.3) is 0 Å². The maximum Gasteiger partial charge on any atom is 0.407 e. The highest BCUT2D eigenvalue weighted by molar-refractivity contribution is 9.10. The second-order valence-corrected chi connectivity index (χ2v) is 11.4. The predicted octanol–water partition coefficient (Wildman–Crippen LogP) is 4.09.